The van der Waals surface area contributed by atoms with E-state index in [1.807, 2.05) is 4.90 Å². The fourth-order valence-corrected chi connectivity index (χ4v) is 6.14. The summed E-state index contributed by atoms with van der Waals surface area (Å²) in [5, 5.41) is 10.6. The van der Waals surface area contributed by atoms with Gasteiger partial charge < -0.3 is 19.6 Å². The number of aromatic carboxylic acids is 1. The predicted molar refractivity (Wildman–Crippen MR) is 129 cm³/mol. The Balaban J connectivity index is 1.35. The number of aromatic amines is 1. The van der Waals surface area contributed by atoms with Gasteiger partial charge in [0.1, 0.15) is 11.4 Å². The molecule has 0 bridgehead atoms. The third-order valence-corrected chi connectivity index (χ3v) is 8.00. The molecule has 1 saturated heterocycles. The first-order chi connectivity index (χ1) is 16.3. The monoisotopic (exact) mass is 500 g/mol. The molecule has 0 saturated carbocycles. The molecule has 1 fully saturated rings. The lowest BCUT2D eigenvalue weighted by molar-refractivity contribution is 0.0689. The Morgan fingerprint density at radius 2 is 1.91 bits per heavy atom. The Morgan fingerprint density at radius 3 is 2.59 bits per heavy atom. The molecule has 34 heavy (non-hydrogen) atoms. The lowest BCUT2D eigenvalue weighted by Gasteiger charge is -2.34. The lowest BCUT2D eigenvalue weighted by Crippen LogP contribution is -2.37. The minimum Gasteiger partial charge on any atom is -0.477 e. The van der Waals surface area contributed by atoms with Crippen molar-refractivity contribution in [2.45, 2.75) is 29.8 Å². The van der Waals surface area contributed by atoms with Crippen LogP contribution < -0.4 is 16.0 Å². The molecule has 2 aliphatic heterocycles. The number of rotatable bonds is 3. The maximum atomic E-state index is 15.2. The molecule has 2 aromatic heterocycles. The van der Waals surface area contributed by atoms with Crippen LogP contribution in [-0.2, 0) is 5.88 Å². The van der Waals surface area contributed by atoms with E-state index in [1.165, 1.54) is 23.9 Å². The number of benzene rings is 2. The van der Waals surface area contributed by atoms with E-state index in [1.54, 1.807) is 27.3 Å². The summed E-state index contributed by atoms with van der Waals surface area (Å²) in [5.74, 6) is -1.27. The van der Waals surface area contributed by atoms with Crippen LogP contribution in [0.5, 0.6) is 0 Å². The van der Waals surface area contributed by atoms with E-state index >= 15 is 4.39 Å². The second kappa shape index (κ2) is 7.64. The van der Waals surface area contributed by atoms with Crippen molar-refractivity contribution >= 4 is 57.0 Å². The standard InChI is InChI=1S/C23H18ClFN4O4S/c24-11-1-2-15-18(7-11)29(23(33)26-15)12-3-5-27(6-4-12)17-8-13-16(9-14(17)25)28-10-34-21(28)19(20(13)30)22(31)32/h1-2,7-9,12H,3-6,10H2,(H,26,33)(H,31,32). The van der Waals surface area contributed by atoms with Crippen LogP contribution in [0, 0.1) is 5.82 Å². The molecule has 2 aromatic carbocycles. The van der Waals surface area contributed by atoms with Crippen molar-refractivity contribution in [3.05, 3.63) is 67.4 Å². The summed E-state index contributed by atoms with van der Waals surface area (Å²) in [4.78, 5) is 41.9. The molecule has 174 valence electrons. The maximum Gasteiger partial charge on any atom is 0.342 e. The number of piperidine rings is 1. The van der Waals surface area contributed by atoms with E-state index < -0.39 is 17.2 Å². The third-order valence-electron chi connectivity index (χ3n) is 6.68. The van der Waals surface area contributed by atoms with Gasteiger partial charge in [0.05, 0.1) is 33.1 Å². The number of nitrogens with zero attached hydrogens (tertiary/aromatic N) is 3. The molecule has 0 unspecified atom stereocenters. The highest BCUT2D eigenvalue weighted by atomic mass is 35.5. The number of halogens is 2. The Hall–Kier alpha value is -3.24. The molecule has 0 amide bonds. The smallest absolute Gasteiger partial charge is 0.342 e. The molecule has 4 aromatic rings. The predicted octanol–water partition coefficient (Wildman–Crippen LogP) is 4.04. The summed E-state index contributed by atoms with van der Waals surface area (Å²) >= 11 is 7.40. The lowest BCUT2D eigenvalue weighted by atomic mass is 10.0. The topological polar surface area (TPSA) is 100 Å². The molecule has 0 atom stereocenters. The average Bonchev–Trinajstić information content (AvgIpc) is 3.10. The number of aromatic nitrogens is 3. The van der Waals surface area contributed by atoms with Gasteiger partial charge >= 0.3 is 11.7 Å². The average molecular weight is 501 g/mol. The SMILES string of the molecule is O=C(O)c1c2n(c3cc(F)c(N4CCC(n5c(=O)[nH]c6ccc(Cl)cc65)CC4)cc3c1=O)CS2. The van der Waals surface area contributed by atoms with Crippen LogP contribution in [0.1, 0.15) is 29.2 Å². The number of thioether (sulfide) groups is 1. The van der Waals surface area contributed by atoms with E-state index in [0.717, 1.165) is 5.52 Å². The fourth-order valence-electron chi connectivity index (χ4n) is 5.02. The largest absolute Gasteiger partial charge is 0.477 e. The van der Waals surface area contributed by atoms with Crippen LogP contribution in [0.4, 0.5) is 10.1 Å². The van der Waals surface area contributed by atoms with Crippen LogP contribution in [0.25, 0.3) is 21.9 Å². The Labute approximate surface area is 200 Å². The molecule has 0 spiro atoms. The van der Waals surface area contributed by atoms with Gasteiger partial charge in [-0.25, -0.2) is 14.0 Å². The molecule has 8 nitrogen and oxygen atoms in total. The second-order valence-corrected chi connectivity index (χ2v) is 9.89. The maximum absolute atomic E-state index is 15.2. The van der Waals surface area contributed by atoms with Gasteiger partial charge in [-0.2, -0.15) is 0 Å². The van der Waals surface area contributed by atoms with Crippen molar-refractivity contribution in [1.29, 1.82) is 0 Å². The fraction of sp³-hybridized carbons (Fsp3) is 0.261. The zero-order chi connectivity index (χ0) is 23.7. The van der Waals surface area contributed by atoms with Crippen LogP contribution >= 0.6 is 23.4 Å². The van der Waals surface area contributed by atoms with Gasteiger partial charge in [-0.3, -0.25) is 9.36 Å². The van der Waals surface area contributed by atoms with Crippen molar-refractivity contribution in [3.63, 3.8) is 0 Å². The number of hydrogen-bond acceptors (Lipinski definition) is 5. The number of carbonyl (C=O) groups is 1. The summed E-state index contributed by atoms with van der Waals surface area (Å²) in [6.07, 6.45) is 1.19. The number of fused-ring (bicyclic) bond motifs is 4. The van der Waals surface area contributed by atoms with Crippen molar-refractivity contribution in [2.24, 2.45) is 0 Å². The number of H-pyrrole nitrogens is 1. The normalized spacial score (nSPS) is 16.1. The summed E-state index contributed by atoms with van der Waals surface area (Å²) < 4.78 is 18.5. The minimum atomic E-state index is -1.28. The number of anilines is 1. The highest BCUT2D eigenvalue weighted by molar-refractivity contribution is 7.99. The quantitative estimate of drug-likeness (QED) is 0.440. The number of carboxylic acids is 1. The molecule has 6 rings (SSSR count). The summed E-state index contributed by atoms with van der Waals surface area (Å²) in [5.41, 5.74) is 1.04. The van der Waals surface area contributed by atoms with Gasteiger partial charge in [0.15, 0.2) is 0 Å². The van der Waals surface area contributed by atoms with Gasteiger partial charge in [0.2, 0.25) is 5.43 Å². The van der Waals surface area contributed by atoms with Gasteiger partial charge in [-0.1, -0.05) is 23.4 Å². The number of imidazole rings is 1. The summed E-state index contributed by atoms with van der Waals surface area (Å²) in [7, 11) is 0. The van der Waals surface area contributed by atoms with E-state index in [9.17, 15) is 19.5 Å². The molecular weight excluding hydrogens is 483 g/mol. The molecular formula is C23H18ClFN4O4S. The zero-order valence-electron chi connectivity index (χ0n) is 17.7. The van der Waals surface area contributed by atoms with Crippen molar-refractivity contribution in [1.82, 2.24) is 14.1 Å². The Morgan fingerprint density at radius 1 is 1.15 bits per heavy atom. The first-order valence-electron chi connectivity index (χ1n) is 10.7. The van der Waals surface area contributed by atoms with E-state index in [2.05, 4.69) is 4.98 Å². The van der Waals surface area contributed by atoms with Gasteiger partial charge in [0, 0.05) is 35.6 Å². The molecule has 4 heterocycles. The first-order valence-corrected chi connectivity index (χ1v) is 12.1. The van der Waals surface area contributed by atoms with E-state index in [4.69, 9.17) is 11.6 Å². The molecule has 2 aliphatic rings. The minimum absolute atomic E-state index is 0.0829. The van der Waals surface area contributed by atoms with Crippen LogP contribution in [0.15, 0.2) is 44.9 Å². The summed E-state index contributed by atoms with van der Waals surface area (Å²) in [6, 6.07) is 7.95. The number of hydrogen-bond donors (Lipinski definition) is 2. The van der Waals surface area contributed by atoms with Crippen molar-refractivity contribution < 1.29 is 14.3 Å². The zero-order valence-corrected chi connectivity index (χ0v) is 19.2. The third kappa shape index (κ3) is 3.08. The van der Waals surface area contributed by atoms with Crippen LogP contribution in [-0.4, -0.2) is 38.3 Å². The van der Waals surface area contributed by atoms with Crippen LogP contribution in [0.3, 0.4) is 0 Å². The van der Waals surface area contributed by atoms with Gasteiger partial charge in [0.25, 0.3) is 0 Å². The van der Waals surface area contributed by atoms with Gasteiger partial charge in [-0.05, 0) is 37.1 Å². The number of pyridine rings is 1. The van der Waals surface area contributed by atoms with Gasteiger partial charge in [-0.15, -0.1) is 0 Å². The molecule has 2 N–H and O–H groups in total. The number of carboxylic acid groups (broad SMARTS) is 1. The molecule has 0 radical (unpaired) electrons. The van der Waals surface area contributed by atoms with Crippen molar-refractivity contribution in [3.8, 4) is 0 Å². The Kier molecular flexibility index (Phi) is 4.79. The summed E-state index contributed by atoms with van der Waals surface area (Å²) in [6.45, 7) is 0.946. The van der Waals surface area contributed by atoms with Crippen LogP contribution in [0.2, 0.25) is 5.02 Å². The van der Waals surface area contributed by atoms with E-state index in [-0.39, 0.29) is 28.4 Å². The first kappa shape index (κ1) is 21.3. The highest BCUT2D eigenvalue weighted by Crippen LogP contribution is 2.38. The highest BCUT2D eigenvalue weighted by Gasteiger charge is 2.30. The van der Waals surface area contributed by atoms with Crippen molar-refractivity contribution in [2.75, 3.05) is 18.0 Å². The number of nitrogens with one attached hydrogen (secondary N) is 1. The molecule has 11 heteroatoms. The van der Waals surface area contributed by atoms with E-state index in [0.29, 0.717) is 52.9 Å². The molecule has 0 aliphatic carbocycles. The second-order valence-electron chi connectivity index (χ2n) is 8.52. The Bertz CT molecular complexity index is 1630.